The zero-order valence-electron chi connectivity index (χ0n) is 17.2. The minimum atomic E-state index is 0.0172. The summed E-state index contributed by atoms with van der Waals surface area (Å²) in [5.74, 6) is 0.647. The highest BCUT2D eigenvalue weighted by atomic mass is 16.2. The van der Waals surface area contributed by atoms with Gasteiger partial charge in [0.15, 0.2) is 0 Å². The summed E-state index contributed by atoms with van der Waals surface area (Å²) in [7, 11) is 0. The molecule has 1 N–H and O–H groups in total. The van der Waals surface area contributed by atoms with Crippen LogP contribution >= 0.6 is 0 Å². The van der Waals surface area contributed by atoms with Crippen molar-refractivity contribution < 1.29 is 9.59 Å². The quantitative estimate of drug-likeness (QED) is 0.758. The highest BCUT2D eigenvalue weighted by molar-refractivity contribution is 5.92. The summed E-state index contributed by atoms with van der Waals surface area (Å²) in [6.07, 6.45) is 0. The van der Waals surface area contributed by atoms with Gasteiger partial charge in [0.25, 0.3) is 0 Å². The Morgan fingerprint density at radius 2 is 1.63 bits per heavy atom. The van der Waals surface area contributed by atoms with Gasteiger partial charge in [-0.15, -0.1) is 0 Å². The number of likely N-dealkylation sites (N-methyl/N-ethyl adjacent to an activating group) is 1. The zero-order chi connectivity index (χ0) is 19.8. The molecule has 1 fully saturated rings. The Morgan fingerprint density at radius 1 is 1.04 bits per heavy atom. The lowest BCUT2D eigenvalue weighted by Crippen LogP contribution is -2.51. The van der Waals surface area contributed by atoms with Crippen molar-refractivity contribution in [3.05, 3.63) is 29.8 Å². The molecule has 0 bridgehead atoms. The molecule has 0 aromatic heterocycles. The van der Waals surface area contributed by atoms with Crippen molar-refractivity contribution in [2.75, 3.05) is 57.7 Å². The maximum atomic E-state index is 12.4. The number of nitrogens with one attached hydrogen (secondary N) is 1. The standard InChI is InChI=1S/C21H34N4O2/c1-5-25(6-2)21(27)16-24-12-10-23(11-13-24)15-20(26)22-19-9-7-8-18(14-19)17(3)4/h7-9,14,17H,5-6,10-13,15-16H2,1-4H3,(H,22,26). The van der Waals surface area contributed by atoms with Gasteiger partial charge in [0.2, 0.25) is 11.8 Å². The number of benzene rings is 1. The third-order valence-electron chi connectivity index (χ3n) is 5.14. The summed E-state index contributed by atoms with van der Waals surface area (Å²) in [6.45, 7) is 14.0. The molecule has 2 rings (SSSR count). The highest BCUT2D eigenvalue weighted by Gasteiger charge is 2.22. The lowest BCUT2D eigenvalue weighted by molar-refractivity contribution is -0.132. The number of anilines is 1. The van der Waals surface area contributed by atoms with Crippen molar-refractivity contribution in [1.29, 1.82) is 0 Å². The summed E-state index contributed by atoms with van der Waals surface area (Å²) in [6, 6.07) is 8.04. The number of piperazine rings is 1. The monoisotopic (exact) mass is 374 g/mol. The smallest absolute Gasteiger partial charge is 0.238 e. The molecule has 150 valence electrons. The zero-order valence-corrected chi connectivity index (χ0v) is 17.2. The molecule has 27 heavy (non-hydrogen) atoms. The molecule has 1 aliphatic heterocycles. The molecule has 0 atom stereocenters. The van der Waals surface area contributed by atoms with E-state index in [1.165, 1.54) is 5.56 Å². The van der Waals surface area contributed by atoms with Crippen molar-refractivity contribution in [2.24, 2.45) is 0 Å². The average molecular weight is 375 g/mol. The number of rotatable bonds is 8. The third-order valence-corrected chi connectivity index (χ3v) is 5.14. The van der Waals surface area contributed by atoms with Gasteiger partial charge in [0.05, 0.1) is 13.1 Å². The Kier molecular flexibility index (Phi) is 8.25. The van der Waals surface area contributed by atoms with Gasteiger partial charge in [0.1, 0.15) is 0 Å². The minimum Gasteiger partial charge on any atom is -0.342 e. The van der Waals surface area contributed by atoms with Crippen LogP contribution in [-0.4, -0.2) is 78.9 Å². The van der Waals surface area contributed by atoms with E-state index in [1.807, 2.05) is 36.9 Å². The van der Waals surface area contributed by atoms with Crippen LogP contribution in [0.2, 0.25) is 0 Å². The van der Waals surface area contributed by atoms with Crippen molar-refractivity contribution in [2.45, 2.75) is 33.6 Å². The van der Waals surface area contributed by atoms with Crippen LogP contribution < -0.4 is 5.32 Å². The molecule has 1 heterocycles. The van der Waals surface area contributed by atoms with E-state index in [0.29, 0.717) is 19.0 Å². The number of amides is 2. The SMILES string of the molecule is CCN(CC)C(=O)CN1CCN(CC(=O)Nc2cccc(C(C)C)c2)CC1. The predicted octanol–water partition coefficient (Wildman–Crippen LogP) is 2.23. The molecule has 6 heteroatoms. The maximum absolute atomic E-state index is 12.4. The molecule has 0 unspecified atom stereocenters. The first-order valence-electron chi connectivity index (χ1n) is 10.0. The fourth-order valence-corrected chi connectivity index (χ4v) is 3.35. The van der Waals surface area contributed by atoms with Crippen LogP contribution in [0.15, 0.2) is 24.3 Å². The Labute approximate surface area is 163 Å². The number of carbonyl (C=O) groups excluding carboxylic acids is 2. The average Bonchev–Trinajstić information content (AvgIpc) is 2.64. The van der Waals surface area contributed by atoms with Crippen LogP contribution in [0.3, 0.4) is 0 Å². The van der Waals surface area contributed by atoms with Crippen LogP contribution in [-0.2, 0) is 9.59 Å². The van der Waals surface area contributed by atoms with E-state index in [-0.39, 0.29) is 11.8 Å². The fourth-order valence-electron chi connectivity index (χ4n) is 3.35. The molecule has 1 aromatic carbocycles. The minimum absolute atomic E-state index is 0.0172. The molecular weight excluding hydrogens is 340 g/mol. The fraction of sp³-hybridized carbons (Fsp3) is 0.619. The van der Waals surface area contributed by atoms with Gasteiger partial charge in [-0.1, -0.05) is 26.0 Å². The lowest BCUT2D eigenvalue weighted by Gasteiger charge is -2.34. The van der Waals surface area contributed by atoms with Gasteiger partial charge in [-0.05, 0) is 37.5 Å². The molecule has 0 radical (unpaired) electrons. The van der Waals surface area contributed by atoms with Crippen molar-refractivity contribution in [3.8, 4) is 0 Å². The van der Waals surface area contributed by atoms with Crippen molar-refractivity contribution >= 4 is 17.5 Å². The largest absolute Gasteiger partial charge is 0.342 e. The Balaban J connectivity index is 1.76. The summed E-state index contributed by atoms with van der Waals surface area (Å²) in [4.78, 5) is 30.8. The summed E-state index contributed by atoms with van der Waals surface area (Å²) < 4.78 is 0. The Bertz CT molecular complexity index is 620. The van der Waals surface area contributed by atoms with Gasteiger partial charge in [-0.25, -0.2) is 0 Å². The number of carbonyl (C=O) groups is 2. The van der Waals surface area contributed by atoms with Gasteiger partial charge >= 0.3 is 0 Å². The first kappa shape index (κ1) is 21.4. The second-order valence-electron chi connectivity index (χ2n) is 7.45. The molecule has 0 aliphatic carbocycles. The predicted molar refractivity (Wildman–Crippen MR) is 110 cm³/mol. The van der Waals surface area contributed by atoms with Crippen LogP contribution in [0, 0.1) is 0 Å². The van der Waals surface area contributed by atoms with E-state index in [4.69, 9.17) is 0 Å². The third kappa shape index (κ3) is 6.63. The Morgan fingerprint density at radius 3 is 2.19 bits per heavy atom. The highest BCUT2D eigenvalue weighted by Crippen LogP contribution is 2.18. The second-order valence-corrected chi connectivity index (χ2v) is 7.45. The number of nitrogens with zero attached hydrogens (tertiary/aromatic N) is 3. The summed E-state index contributed by atoms with van der Waals surface area (Å²) in [5, 5.41) is 3.00. The number of hydrogen-bond acceptors (Lipinski definition) is 4. The van der Waals surface area contributed by atoms with E-state index in [1.54, 1.807) is 0 Å². The second kappa shape index (κ2) is 10.4. The molecule has 0 spiro atoms. The molecule has 1 aromatic rings. The molecular formula is C21H34N4O2. The van der Waals surface area contributed by atoms with E-state index in [9.17, 15) is 9.59 Å². The lowest BCUT2D eigenvalue weighted by atomic mass is 10.0. The van der Waals surface area contributed by atoms with Crippen molar-refractivity contribution in [1.82, 2.24) is 14.7 Å². The van der Waals surface area contributed by atoms with Gasteiger partial charge in [-0.2, -0.15) is 0 Å². The summed E-state index contributed by atoms with van der Waals surface area (Å²) >= 11 is 0. The van der Waals surface area contributed by atoms with E-state index in [0.717, 1.165) is 45.0 Å². The molecule has 2 amide bonds. The molecule has 6 nitrogen and oxygen atoms in total. The first-order valence-corrected chi connectivity index (χ1v) is 10.0. The van der Waals surface area contributed by atoms with Crippen LogP contribution in [0.25, 0.3) is 0 Å². The van der Waals surface area contributed by atoms with E-state index >= 15 is 0 Å². The van der Waals surface area contributed by atoms with E-state index in [2.05, 4.69) is 35.0 Å². The van der Waals surface area contributed by atoms with Crippen LogP contribution in [0.1, 0.15) is 39.2 Å². The van der Waals surface area contributed by atoms with Crippen LogP contribution in [0.5, 0.6) is 0 Å². The number of hydrogen-bond donors (Lipinski definition) is 1. The summed E-state index contributed by atoms with van der Waals surface area (Å²) in [5.41, 5.74) is 2.08. The van der Waals surface area contributed by atoms with Crippen molar-refractivity contribution in [3.63, 3.8) is 0 Å². The normalized spacial score (nSPS) is 15.7. The molecule has 1 saturated heterocycles. The Hall–Kier alpha value is -1.92. The molecule has 1 aliphatic rings. The van der Waals surface area contributed by atoms with Gasteiger partial charge < -0.3 is 10.2 Å². The van der Waals surface area contributed by atoms with Crippen LogP contribution in [0.4, 0.5) is 5.69 Å². The van der Waals surface area contributed by atoms with Gasteiger partial charge in [-0.3, -0.25) is 19.4 Å². The topological polar surface area (TPSA) is 55.9 Å². The first-order chi connectivity index (χ1) is 12.9. The van der Waals surface area contributed by atoms with Gasteiger partial charge in [0, 0.05) is 45.0 Å². The van der Waals surface area contributed by atoms with E-state index < -0.39 is 0 Å². The molecule has 0 saturated carbocycles. The maximum Gasteiger partial charge on any atom is 0.238 e.